The molecule has 4 nitrogen and oxygen atoms in total. The molecule has 0 unspecified atom stereocenters. The Kier molecular flexibility index (Phi) is 5.36. The van der Waals surface area contributed by atoms with Crippen molar-refractivity contribution in [3.63, 3.8) is 0 Å². The van der Waals surface area contributed by atoms with Gasteiger partial charge < -0.3 is 9.47 Å². The smallest absolute Gasteiger partial charge is 0.161 e. The van der Waals surface area contributed by atoms with Crippen LogP contribution in [0.5, 0.6) is 11.5 Å². The summed E-state index contributed by atoms with van der Waals surface area (Å²) in [5.74, 6) is 1.86. The van der Waals surface area contributed by atoms with E-state index < -0.39 is 10.8 Å². The Morgan fingerprint density at radius 1 is 1.19 bits per heavy atom. The van der Waals surface area contributed by atoms with Crippen LogP contribution in [-0.4, -0.2) is 29.2 Å². The molecule has 6 heteroatoms. The normalized spacial score (nSPS) is 12.2. The van der Waals surface area contributed by atoms with Gasteiger partial charge in [-0.25, -0.2) is 4.98 Å². The van der Waals surface area contributed by atoms with E-state index >= 15 is 0 Å². The number of aryl methyl sites for hydroxylation is 3. The molecule has 1 atom stereocenters. The van der Waals surface area contributed by atoms with Gasteiger partial charge in [-0.05, 0) is 31.9 Å². The second-order valence-corrected chi connectivity index (χ2v) is 7.11. The van der Waals surface area contributed by atoms with Crippen LogP contribution in [0.15, 0.2) is 22.5 Å². The van der Waals surface area contributed by atoms with E-state index in [0.717, 1.165) is 22.6 Å². The zero-order valence-corrected chi connectivity index (χ0v) is 14.3. The molecule has 0 saturated heterocycles. The third-order valence-corrected chi connectivity index (χ3v) is 5.79. The molecule has 0 fully saturated rings. The van der Waals surface area contributed by atoms with Crippen molar-refractivity contribution in [2.24, 2.45) is 0 Å². The minimum Gasteiger partial charge on any atom is -0.493 e. The van der Waals surface area contributed by atoms with Gasteiger partial charge in [0.15, 0.2) is 11.5 Å². The third-order valence-electron chi connectivity index (χ3n) is 3.29. The van der Waals surface area contributed by atoms with Gasteiger partial charge in [0, 0.05) is 21.6 Å². The zero-order valence-electron chi connectivity index (χ0n) is 12.6. The maximum absolute atomic E-state index is 12.5. The fourth-order valence-electron chi connectivity index (χ4n) is 2.07. The van der Waals surface area contributed by atoms with Gasteiger partial charge in [0.05, 0.1) is 36.2 Å². The summed E-state index contributed by atoms with van der Waals surface area (Å²) in [6.45, 7) is 3.92. The van der Waals surface area contributed by atoms with Crippen molar-refractivity contribution in [3.8, 4) is 11.5 Å². The summed E-state index contributed by atoms with van der Waals surface area (Å²) in [5, 5.41) is 0. The Morgan fingerprint density at radius 3 is 2.43 bits per heavy atom. The van der Waals surface area contributed by atoms with Gasteiger partial charge >= 0.3 is 0 Å². The van der Waals surface area contributed by atoms with E-state index in [-0.39, 0.29) is 0 Å². The molecule has 0 bridgehead atoms. The van der Waals surface area contributed by atoms with Gasteiger partial charge in [-0.1, -0.05) is 0 Å². The largest absolute Gasteiger partial charge is 0.493 e. The molecule has 1 heterocycles. The van der Waals surface area contributed by atoms with E-state index in [4.69, 9.17) is 9.47 Å². The number of ether oxygens (including phenoxy) is 2. The Hall–Kier alpha value is -1.40. The third kappa shape index (κ3) is 3.63. The highest BCUT2D eigenvalue weighted by Crippen LogP contribution is 2.32. The fourth-order valence-corrected chi connectivity index (χ4v) is 4.25. The number of aromatic nitrogens is 1. The van der Waals surface area contributed by atoms with Gasteiger partial charge in [-0.2, -0.15) is 0 Å². The summed E-state index contributed by atoms with van der Waals surface area (Å²) in [6, 6.07) is 3.67. The molecule has 21 heavy (non-hydrogen) atoms. The van der Waals surface area contributed by atoms with E-state index in [9.17, 15) is 4.21 Å². The molecule has 0 spiro atoms. The first-order valence-corrected chi connectivity index (χ1v) is 8.76. The molecular formula is C15H19NO3S2. The van der Waals surface area contributed by atoms with Gasteiger partial charge in [0.25, 0.3) is 0 Å². The summed E-state index contributed by atoms with van der Waals surface area (Å²) < 4.78 is 23.1. The van der Waals surface area contributed by atoms with Crippen LogP contribution >= 0.6 is 11.3 Å². The molecule has 0 saturated carbocycles. The van der Waals surface area contributed by atoms with Crippen molar-refractivity contribution in [2.75, 3.05) is 20.0 Å². The lowest BCUT2D eigenvalue weighted by Gasteiger charge is -2.12. The Labute approximate surface area is 131 Å². The van der Waals surface area contributed by atoms with E-state index in [1.807, 2.05) is 31.5 Å². The molecule has 0 aliphatic heterocycles. The van der Waals surface area contributed by atoms with Crippen LogP contribution in [0.3, 0.4) is 0 Å². The van der Waals surface area contributed by atoms with E-state index in [0.29, 0.717) is 17.3 Å². The number of hydrogen-bond donors (Lipinski definition) is 0. The van der Waals surface area contributed by atoms with Gasteiger partial charge in [-0.3, -0.25) is 4.21 Å². The number of rotatable bonds is 6. The van der Waals surface area contributed by atoms with Crippen molar-refractivity contribution < 1.29 is 13.7 Å². The standard InChI is InChI=1S/C15H19NO3S2/c1-10-7-12(18-3)13(19-4)8-15(10)21(17)6-5-14-11(2)16-9-20-14/h7-9H,5-6H2,1-4H3/t21-/m1/s1. The first-order chi connectivity index (χ1) is 10.1. The molecule has 0 radical (unpaired) electrons. The van der Waals surface area contributed by atoms with Crippen LogP contribution in [0.1, 0.15) is 16.1 Å². The zero-order chi connectivity index (χ0) is 15.4. The highest BCUT2D eigenvalue weighted by atomic mass is 32.2. The second kappa shape index (κ2) is 7.04. The number of hydrogen-bond acceptors (Lipinski definition) is 5. The van der Waals surface area contributed by atoms with Crippen LogP contribution in [-0.2, 0) is 17.2 Å². The fraction of sp³-hybridized carbons (Fsp3) is 0.400. The van der Waals surface area contributed by atoms with Crippen LogP contribution in [0.4, 0.5) is 0 Å². The van der Waals surface area contributed by atoms with Crippen LogP contribution in [0.25, 0.3) is 0 Å². The van der Waals surface area contributed by atoms with Crippen molar-refractivity contribution >= 4 is 22.1 Å². The summed E-state index contributed by atoms with van der Waals surface area (Å²) in [5.41, 5.74) is 3.81. The summed E-state index contributed by atoms with van der Waals surface area (Å²) in [7, 11) is 2.11. The highest BCUT2D eigenvalue weighted by molar-refractivity contribution is 7.85. The van der Waals surface area contributed by atoms with Crippen molar-refractivity contribution in [3.05, 3.63) is 33.8 Å². The predicted octanol–water partition coefficient (Wildman–Crippen LogP) is 3.13. The average Bonchev–Trinajstić information content (AvgIpc) is 2.89. The maximum atomic E-state index is 12.5. The molecule has 1 aromatic heterocycles. The van der Waals surface area contributed by atoms with Gasteiger partial charge in [-0.15, -0.1) is 11.3 Å². The highest BCUT2D eigenvalue weighted by Gasteiger charge is 2.14. The summed E-state index contributed by atoms with van der Waals surface area (Å²) >= 11 is 1.61. The lowest BCUT2D eigenvalue weighted by atomic mass is 10.2. The first-order valence-electron chi connectivity index (χ1n) is 6.56. The molecule has 1 aromatic carbocycles. The number of nitrogens with zero attached hydrogens (tertiary/aromatic N) is 1. The molecule has 0 aliphatic rings. The summed E-state index contributed by atoms with van der Waals surface area (Å²) in [4.78, 5) is 6.21. The van der Waals surface area contributed by atoms with Crippen molar-refractivity contribution in [2.45, 2.75) is 25.2 Å². The van der Waals surface area contributed by atoms with Crippen LogP contribution in [0.2, 0.25) is 0 Å². The lowest BCUT2D eigenvalue weighted by molar-refractivity contribution is 0.353. The average molecular weight is 325 g/mol. The molecule has 0 N–H and O–H groups in total. The van der Waals surface area contributed by atoms with E-state index in [1.54, 1.807) is 25.6 Å². The summed E-state index contributed by atoms with van der Waals surface area (Å²) in [6.07, 6.45) is 0.775. The van der Waals surface area contributed by atoms with Gasteiger partial charge in [0.1, 0.15) is 0 Å². The van der Waals surface area contributed by atoms with Crippen molar-refractivity contribution in [1.29, 1.82) is 0 Å². The van der Waals surface area contributed by atoms with E-state index in [1.165, 1.54) is 4.88 Å². The molecule has 0 amide bonds. The van der Waals surface area contributed by atoms with E-state index in [2.05, 4.69) is 4.98 Å². The molecule has 2 rings (SSSR count). The Bertz CT molecular complexity index is 652. The topological polar surface area (TPSA) is 48.4 Å². The van der Waals surface area contributed by atoms with Gasteiger partial charge in [0.2, 0.25) is 0 Å². The molecule has 114 valence electrons. The lowest BCUT2D eigenvalue weighted by Crippen LogP contribution is -2.04. The number of methoxy groups -OCH3 is 2. The van der Waals surface area contributed by atoms with Crippen LogP contribution in [0, 0.1) is 13.8 Å². The van der Waals surface area contributed by atoms with Crippen LogP contribution < -0.4 is 9.47 Å². The predicted molar refractivity (Wildman–Crippen MR) is 86.1 cm³/mol. The Balaban J connectivity index is 2.17. The molecular weight excluding hydrogens is 306 g/mol. The molecule has 2 aromatic rings. The quantitative estimate of drug-likeness (QED) is 0.819. The minimum atomic E-state index is -1.07. The number of benzene rings is 1. The molecule has 0 aliphatic carbocycles. The number of thiazole rings is 1. The minimum absolute atomic E-state index is 0.583. The van der Waals surface area contributed by atoms with Crippen molar-refractivity contribution in [1.82, 2.24) is 4.98 Å². The Morgan fingerprint density at radius 2 is 1.86 bits per heavy atom. The SMILES string of the molecule is COc1cc(C)c([S@](=O)CCc2scnc2C)cc1OC. The first kappa shape index (κ1) is 16.0. The second-order valence-electron chi connectivity index (χ2n) is 4.63. The maximum Gasteiger partial charge on any atom is 0.161 e. The monoisotopic (exact) mass is 325 g/mol.